The van der Waals surface area contributed by atoms with E-state index in [1.807, 2.05) is 6.92 Å². The topological polar surface area (TPSA) is 101 Å². The van der Waals surface area contributed by atoms with Gasteiger partial charge in [0.15, 0.2) is 5.82 Å². The number of hydrogen-bond acceptors (Lipinski definition) is 5. The van der Waals surface area contributed by atoms with Crippen molar-refractivity contribution in [2.45, 2.75) is 38.6 Å². The third kappa shape index (κ3) is 3.54. The van der Waals surface area contributed by atoms with E-state index in [4.69, 9.17) is 4.52 Å². The van der Waals surface area contributed by atoms with Crippen LogP contribution in [0.4, 0.5) is 4.39 Å². The van der Waals surface area contributed by atoms with E-state index in [-0.39, 0.29) is 23.1 Å². The molecule has 0 aliphatic carbocycles. The van der Waals surface area contributed by atoms with Gasteiger partial charge in [-0.25, -0.2) is 17.5 Å². The Bertz CT molecular complexity index is 1020. The molecule has 0 amide bonds. The molecule has 1 aromatic carbocycles. The number of H-pyrrole nitrogens is 1. The van der Waals surface area contributed by atoms with Crippen molar-refractivity contribution < 1.29 is 17.3 Å². The molecule has 0 saturated heterocycles. The van der Waals surface area contributed by atoms with Gasteiger partial charge in [-0.1, -0.05) is 24.2 Å². The van der Waals surface area contributed by atoms with Crippen LogP contribution in [-0.2, 0) is 23.0 Å². The number of halogens is 1. The van der Waals surface area contributed by atoms with Gasteiger partial charge in [-0.2, -0.15) is 4.98 Å². The van der Waals surface area contributed by atoms with Gasteiger partial charge >= 0.3 is 0 Å². The van der Waals surface area contributed by atoms with Crippen molar-refractivity contribution in [2.24, 2.45) is 0 Å². The SMILES string of the molecule is CCc1noc(-c2c(C)[nH]c(C)c2S(=O)(=O)NCc2ccc(F)cc2)n1. The Labute approximate surface area is 150 Å². The second-order valence-electron chi connectivity index (χ2n) is 5.90. The lowest BCUT2D eigenvalue weighted by Gasteiger charge is -2.08. The van der Waals surface area contributed by atoms with Crippen molar-refractivity contribution in [3.63, 3.8) is 0 Å². The first kappa shape index (κ1) is 18.3. The fraction of sp³-hybridized carbons (Fsp3) is 0.294. The number of aryl methyl sites for hydroxylation is 3. The van der Waals surface area contributed by atoms with Crippen LogP contribution in [0.3, 0.4) is 0 Å². The van der Waals surface area contributed by atoms with Crippen LogP contribution in [0.1, 0.15) is 29.7 Å². The zero-order valence-electron chi connectivity index (χ0n) is 14.6. The predicted octanol–water partition coefficient (Wildman–Crippen LogP) is 2.86. The standard InChI is InChI=1S/C17H19FN4O3S/c1-4-14-21-17(25-22-14)15-10(2)20-11(3)16(15)26(23,24)19-9-12-5-7-13(18)8-6-12/h5-8,19-20H,4,9H2,1-3H3. The molecule has 138 valence electrons. The molecule has 3 rings (SSSR count). The largest absolute Gasteiger partial charge is 0.361 e. The Morgan fingerprint density at radius 3 is 2.50 bits per heavy atom. The fourth-order valence-electron chi connectivity index (χ4n) is 2.70. The summed E-state index contributed by atoms with van der Waals surface area (Å²) in [6, 6.07) is 5.62. The van der Waals surface area contributed by atoms with E-state index in [2.05, 4.69) is 19.8 Å². The molecule has 0 spiro atoms. The van der Waals surface area contributed by atoms with Crippen molar-refractivity contribution in [3.05, 3.63) is 52.9 Å². The predicted molar refractivity (Wildman–Crippen MR) is 93.4 cm³/mol. The van der Waals surface area contributed by atoms with E-state index in [0.29, 0.717) is 34.8 Å². The molecule has 0 radical (unpaired) electrons. The van der Waals surface area contributed by atoms with E-state index < -0.39 is 10.0 Å². The summed E-state index contributed by atoms with van der Waals surface area (Å²) in [6.07, 6.45) is 0.580. The Kier molecular flexibility index (Phi) is 4.92. The zero-order chi connectivity index (χ0) is 18.9. The molecule has 3 aromatic rings. The molecule has 0 aliphatic heterocycles. The summed E-state index contributed by atoms with van der Waals surface area (Å²) in [6.45, 7) is 5.33. The maximum atomic E-state index is 13.0. The van der Waals surface area contributed by atoms with Gasteiger partial charge in [-0.3, -0.25) is 0 Å². The van der Waals surface area contributed by atoms with Crippen molar-refractivity contribution in [3.8, 4) is 11.5 Å². The first-order valence-electron chi connectivity index (χ1n) is 8.08. The Balaban J connectivity index is 1.95. The normalized spacial score (nSPS) is 11.8. The first-order valence-corrected chi connectivity index (χ1v) is 9.56. The van der Waals surface area contributed by atoms with Gasteiger partial charge in [0.05, 0.1) is 5.56 Å². The van der Waals surface area contributed by atoms with Crippen LogP contribution in [-0.4, -0.2) is 23.5 Å². The first-order chi connectivity index (χ1) is 12.3. The molecule has 0 bridgehead atoms. The number of nitrogens with zero attached hydrogens (tertiary/aromatic N) is 2. The summed E-state index contributed by atoms with van der Waals surface area (Å²) in [4.78, 5) is 7.33. The minimum absolute atomic E-state index is 0.0375. The highest BCUT2D eigenvalue weighted by molar-refractivity contribution is 7.89. The molecule has 0 saturated carbocycles. The maximum absolute atomic E-state index is 13.0. The number of hydrogen-bond donors (Lipinski definition) is 2. The highest BCUT2D eigenvalue weighted by atomic mass is 32.2. The molecule has 26 heavy (non-hydrogen) atoms. The lowest BCUT2D eigenvalue weighted by Crippen LogP contribution is -2.24. The summed E-state index contributed by atoms with van der Waals surface area (Å²) in [5.74, 6) is 0.283. The van der Waals surface area contributed by atoms with Gasteiger partial charge in [0.2, 0.25) is 10.0 Å². The van der Waals surface area contributed by atoms with E-state index in [9.17, 15) is 12.8 Å². The van der Waals surface area contributed by atoms with Gasteiger partial charge in [-0.05, 0) is 31.5 Å². The number of benzene rings is 1. The second-order valence-corrected chi connectivity index (χ2v) is 7.60. The van der Waals surface area contributed by atoms with Gasteiger partial charge in [-0.15, -0.1) is 0 Å². The minimum atomic E-state index is -3.86. The molecule has 0 atom stereocenters. The molecular weight excluding hydrogens is 359 g/mol. The summed E-state index contributed by atoms with van der Waals surface area (Å²) in [5.41, 5.74) is 2.10. The molecule has 2 N–H and O–H groups in total. The zero-order valence-corrected chi connectivity index (χ0v) is 15.4. The highest BCUT2D eigenvalue weighted by Gasteiger charge is 2.28. The average molecular weight is 378 g/mol. The molecular formula is C17H19FN4O3S. The quantitative estimate of drug-likeness (QED) is 0.687. The van der Waals surface area contributed by atoms with Gasteiger partial charge in [0, 0.05) is 24.4 Å². The summed E-state index contributed by atoms with van der Waals surface area (Å²) < 4.78 is 46.5. The van der Waals surface area contributed by atoms with Crippen molar-refractivity contribution in [2.75, 3.05) is 0 Å². The van der Waals surface area contributed by atoms with Gasteiger partial charge < -0.3 is 9.51 Å². The van der Waals surface area contributed by atoms with Crippen LogP contribution in [0.5, 0.6) is 0 Å². The molecule has 7 nitrogen and oxygen atoms in total. The van der Waals surface area contributed by atoms with Crippen LogP contribution in [0.15, 0.2) is 33.7 Å². The summed E-state index contributed by atoms with van der Waals surface area (Å²) >= 11 is 0. The summed E-state index contributed by atoms with van der Waals surface area (Å²) in [7, 11) is -3.86. The van der Waals surface area contributed by atoms with Crippen molar-refractivity contribution in [1.82, 2.24) is 19.8 Å². The third-order valence-corrected chi connectivity index (χ3v) is 5.54. The van der Waals surface area contributed by atoms with Gasteiger partial charge in [0.25, 0.3) is 5.89 Å². The lowest BCUT2D eigenvalue weighted by molar-refractivity contribution is 0.422. The van der Waals surface area contributed by atoms with Crippen LogP contribution >= 0.6 is 0 Å². The number of aromatic amines is 1. The highest BCUT2D eigenvalue weighted by Crippen LogP contribution is 2.32. The van der Waals surface area contributed by atoms with E-state index in [0.717, 1.165) is 0 Å². The van der Waals surface area contributed by atoms with E-state index in [1.165, 1.54) is 24.3 Å². The number of aromatic nitrogens is 3. The lowest BCUT2D eigenvalue weighted by atomic mass is 10.2. The van der Waals surface area contributed by atoms with Crippen LogP contribution in [0.25, 0.3) is 11.5 Å². The van der Waals surface area contributed by atoms with Crippen LogP contribution in [0.2, 0.25) is 0 Å². The van der Waals surface area contributed by atoms with Gasteiger partial charge in [0.1, 0.15) is 10.7 Å². The Hall–Kier alpha value is -2.52. The van der Waals surface area contributed by atoms with Crippen molar-refractivity contribution in [1.29, 1.82) is 0 Å². The average Bonchev–Trinajstić information content (AvgIpc) is 3.18. The smallest absolute Gasteiger partial charge is 0.261 e. The Morgan fingerprint density at radius 2 is 1.88 bits per heavy atom. The Morgan fingerprint density at radius 1 is 1.19 bits per heavy atom. The van der Waals surface area contributed by atoms with E-state index >= 15 is 0 Å². The molecule has 2 heterocycles. The van der Waals surface area contributed by atoms with E-state index in [1.54, 1.807) is 13.8 Å². The van der Waals surface area contributed by atoms with Crippen LogP contribution < -0.4 is 4.72 Å². The molecule has 9 heteroatoms. The number of rotatable bonds is 6. The maximum Gasteiger partial charge on any atom is 0.261 e. The van der Waals surface area contributed by atoms with Crippen LogP contribution in [0, 0.1) is 19.7 Å². The number of sulfonamides is 1. The third-order valence-electron chi connectivity index (χ3n) is 3.96. The molecule has 0 fully saturated rings. The molecule has 0 unspecified atom stereocenters. The minimum Gasteiger partial charge on any atom is -0.361 e. The fourth-order valence-corrected chi connectivity index (χ4v) is 4.17. The monoisotopic (exact) mass is 378 g/mol. The molecule has 2 aromatic heterocycles. The second kappa shape index (κ2) is 7.00. The van der Waals surface area contributed by atoms with Crippen molar-refractivity contribution >= 4 is 10.0 Å². The summed E-state index contributed by atoms with van der Waals surface area (Å²) in [5, 5.41) is 3.84. The number of nitrogens with one attached hydrogen (secondary N) is 2. The molecule has 0 aliphatic rings.